The Morgan fingerprint density at radius 3 is 2.64 bits per heavy atom. The van der Waals surface area contributed by atoms with Crippen molar-refractivity contribution in [2.75, 3.05) is 30.4 Å². The van der Waals surface area contributed by atoms with E-state index < -0.39 is 5.97 Å². The van der Waals surface area contributed by atoms with Gasteiger partial charge in [0.2, 0.25) is 5.91 Å². The van der Waals surface area contributed by atoms with Gasteiger partial charge in [-0.15, -0.1) is 0 Å². The first kappa shape index (κ1) is 19.4. The molecule has 0 unspecified atom stereocenters. The summed E-state index contributed by atoms with van der Waals surface area (Å²) in [6.07, 6.45) is 2.00. The third kappa shape index (κ3) is 4.30. The molecule has 0 radical (unpaired) electrons. The molecule has 1 amide bonds. The fraction of sp³-hybridized carbons (Fsp3) is 0.368. The van der Waals surface area contributed by atoms with Gasteiger partial charge >= 0.3 is 12.0 Å². The number of carboxylic acid groups (broad SMARTS) is 1. The third-order valence-corrected chi connectivity index (χ3v) is 4.30. The second-order valence-electron chi connectivity index (χ2n) is 6.30. The number of hydrogen-bond donors (Lipinski definition) is 2. The molecule has 0 aliphatic carbocycles. The van der Waals surface area contributed by atoms with Gasteiger partial charge < -0.3 is 20.3 Å². The topological polar surface area (TPSA) is 128 Å². The minimum absolute atomic E-state index is 0.133. The first-order chi connectivity index (χ1) is 13.5. The lowest BCUT2D eigenvalue weighted by Gasteiger charge is -2.17. The molecule has 9 nitrogen and oxygen atoms in total. The summed E-state index contributed by atoms with van der Waals surface area (Å²) in [7, 11) is 0. The molecular formula is C19H22N4O5. The number of hydrogen-bond acceptors (Lipinski definition) is 7. The zero-order chi connectivity index (χ0) is 20.1. The molecule has 1 aliphatic heterocycles. The molecule has 9 heteroatoms. The fourth-order valence-electron chi connectivity index (χ4n) is 2.78. The van der Waals surface area contributed by atoms with E-state index in [2.05, 4.69) is 16.9 Å². The van der Waals surface area contributed by atoms with Gasteiger partial charge in [-0.1, -0.05) is 13.3 Å². The Kier molecular flexibility index (Phi) is 5.93. The van der Waals surface area contributed by atoms with Crippen LogP contribution in [0.5, 0.6) is 11.8 Å². The number of rotatable bonds is 9. The number of anilines is 2. The van der Waals surface area contributed by atoms with Crippen LogP contribution in [0.3, 0.4) is 0 Å². The SMILES string of the molecule is CCCCOc1nc(N)c2c(n1)N(CCOc1ccc(C(=O)O)cc1)C(=O)C2. The van der Waals surface area contributed by atoms with Gasteiger partial charge in [0, 0.05) is 5.56 Å². The summed E-state index contributed by atoms with van der Waals surface area (Å²) in [4.78, 5) is 33.2. The maximum Gasteiger partial charge on any atom is 0.335 e. The lowest BCUT2D eigenvalue weighted by Crippen LogP contribution is -2.31. The van der Waals surface area contributed by atoms with Crippen LogP contribution in [-0.2, 0) is 11.2 Å². The minimum atomic E-state index is -1.000. The molecule has 0 saturated carbocycles. The van der Waals surface area contributed by atoms with Crippen LogP contribution in [0, 0.1) is 0 Å². The van der Waals surface area contributed by atoms with Gasteiger partial charge in [-0.2, -0.15) is 9.97 Å². The van der Waals surface area contributed by atoms with Crippen LogP contribution in [0.2, 0.25) is 0 Å². The number of aromatic nitrogens is 2. The number of carboxylic acids is 1. The van der Waals surface area contributed by atoms with Crippen LogP contribution >= 0.6 is 0 Å². The molecule has 0 spiro atoms. The van der Waals surface area contributed by atoms with E-state index in [0.717, 1.165) is 12.8 Å². The highest BCUT2D eigenvalue weighted by molar-refractivity contribution is 6.01. The van der Waals surface area contributed by atoms with Gasteiger partial charge in [0.05, 0.1) is 25.1 Å². The average molecular weight is 386 g/mol. The lowest BCUT2D eigenvalue weighted by atomic mass is 10.2. The van der Waals surface area contributed by atoms with E-state index in [-0.39, 0.29) is 42.9 Å². The van der Waals surface area contributed by atoms with Crippen molar-refractivity contribution in [3.63, 3.8) is 0 Å². The number of unbranched alkanes of at least 4 members (excludes halogenated alkanes) is 1. The normalized spacial score (nSPS) is 12.8. The van der Waals surface area contributed by atoms with Gasteiger partial charge in [-0.05, 0) is 30.7 Å². The van der Waals surface area contributed by atoms with Crippen LogP contribution in [-0.4, -0.2) is 46.7 Å². The predicted octanol–water partition coefficient (Wildman–Crippen LogP) is 1.90. The molecule has 0 saturated heterocycles. The van der Waals surface area contributed by atoms with Crippen molar-refractivity contribution in [3.8, 4) is 11.8 Å². The van der Waals surface area contributed by atoms with Crippen molar-refractivity contribution in [2.45, 2.75) is 26.2 Å². The Morgan fingerprint density at radius 1 is 1.21 bits per heavy atom. The molecular weight excluding hydrogens is 364 g/mol. The molecule has 2 heterocycles. The molecule has 1 aromatic carbocycles. The predicted molar refractivity (Wildman–Crippen MR) is 102 cm³/mol. The van der Waals surface area contributed by atoms with Gasteiger partial charge in [0.15, 0.2) is 0 Å². The van der Waals surface area contributed by atoms with Crippen LogP contribution in [0.15, 0.2) is 24.3 Å². The molecule has 0 fully saturated rings. The van der Waals surface area contributed by atoms with Crippen LogP contribution in [0.1, 0.15) is 35.7 Å². The quantitative estimate of drug-likeness (QED) is 0.626. The smallest absolute Gasteiger partial charge is 0.335 e. The van der Waals surface area contributed by atoms with Crippen molar-refractivity contribution in [1.82, 2.24) is 9.97 Å². The molecule has 2 aromatic rings. The zero-order valence-corrected chi connectivity index (χ0v) is 15.6. The number of nitrogens with zero attached hydrogens (tertiary/aromatic N) is 3. The largest absolute Gasteiger partial charge is 0.492 e. The molecule has 3 N–H and O–H groups in total. The highest BCUT2D eigenvalue weighted by Gasteiger charge is 2.32. The van der Waals surface area contributed by atoms with E-state index in [1.54, 1.807) is 12.1 Å². The van der Waals surface area contributed by atoms with E-state index in [9.17, 15) is 9.59 Å². The Hall–Kier alpha value is -3.36. The summed E-state index contributed by atoms with van der Waals surface area (Å²) >= 11 is 0. The van der Waals surface area contributed by atoms with Crippen LogP contribution in [0.25, 0.3) is 0 Å². The maximum atomic E-state index is 12.4. The maximum absolute atomic E-state index is 12.4. The highest BCUT2D eigenvalue weighted by Crippen LogP contribution is 2.31. The molecule has 1 aliphatic rings. The number of benzene rings is 1. The standard InChI is InChI=1S/C19H22N4O5/c1-2-3-9-28-19-21-16(20)14-11-15(24)23(17(14)22-19)8-10-27-13-6-4-12(5-7-13)18(25)26/h4-7H,2-3,8-11H2,1H3,(H,25,26)(H2,20,21,22). The summed E-state index contributed by atoms with van der Waals surface area (Å²) in [5.41, 5.74) is 6.75. The second kappa shape index (κ2) is 8.55. The summed E-state index contributed by atoms with van der Waals surface area (Å²) in [6, 6.07) is 6.23. The Bertz CT molecular complexity index is 869. The first-order valence-electron chi connectivity index (χ1n) is 9.05. The minimum Gasteiger partial charge on any atom is -0.492 e. The summed E-state index contributed by atoms with van der Waals surface area (Å²) < 4.78 is 11.1. The molecule has 1 aromatic heterocycles. The molecule has 3 rings (SSSR count). The molecule has 0 bridgehead atoms. The summed E-state index contributed by atoms with van der Waals surface area (Å²) in [6.45, 7) is 3.03. The van der Waals surface area contributed by atoms with E-state index >= 15 is 0 Å². The van der Waals surface area contributed by atoms with Gasteiger partial charge in [0.25, 0.3) is 0 Å². The van der Waals surface area contributed by atoms with Crippen molar-refractivity contribution >= 4 is 23.5 Å². The van der Waals surface area contributed by atoms with Gasteiger partial charge in [-0.25, -0.2) is 4.79 Å². The van der Waals surface area contributed by atoms with E-state index in [4.69, 9.17) is 20.3 Å². The molecule has 28 heavy (non-hydrogen) atoms. The van der Waals surface area contributed by atoms with Crippen molar-refractivity contribution < 1.29 is 24.2 Å². The molecule has 148 valence electrons. The Labute approximate surface area is 162 Å². The number of fused-ring (bicyclic) bond motifs is 1. The average Bonchev–Trinajstić information content (AvgIpc) is 2.99. The number of aromatic carboxylic acids is 1. The van der Waals surface area contributed by atoms with E-state index in [1.807, 2.05) is 0 Å². The number of amides is 1. The zero-order valence-electron chi connectivity index (χ0n) is 15.6. The third-order valence-electron chi connectivity index (χ3n) is 4.30. The van der Waals surface area contributed by atoms with E-state index in [0.29, 0.717) is 23.7 Å². The number of nitrogen functional groups attached to an aromatic ring is 1. The summed E-state index contributed by atoms with van der Waals surface area (Å²) in [5.74, 6) is 0.0839. The molecule has 0 atom stereocenters. The fourth-order valence-corrected chi connectivity index (χ4v) is 2.78. The van der Waals surface area contributed by atoms with Crippen molar-refractivity contribution in [3.05, 3.63) is 35.4 Å². The van der Waals surface area contributed by atoms with Crippen molar-refractivity contribution in [2.24, 2.45) is 0 Å². The lowest BCUT2D eigenvalue weighted by molar-refractivity contribution is -0.117. The number of carbonyl (C=O) groups is 2. The van der Waals surface area contributed by atoms with Gasteiger partial charge in [0.1, 0.15) is 24.0 Å². The number of carbonyl (C=O) groups excluding carboxylic acids is 1. The van der Waals surface area contributed by atoms with E-state index in [1.165, 1.54) is 17.0 Å². The number of nitrogens with two attached hydrogens (primary N) is 1. The second-order valence-corrected chi connectivity index (χ2v) is 6.30. The number of ether oxygens (including phenoxy) is 2. The highest BCUT2D eigenvalue weighted by atomic mass is 16.5. The Balaban J connectivity index is 1.65. The monoisotopic (exact) mass is 386 g/mol. The van der Waals surface area contributed by atoms with Gasteiger partial charge in [-0.3, -0.25) is 9.69 Å². The Morgan fingerprint density at radius 2 is 1.96 bits per heavy atom. The summed E-state index contributed by atoms with van der Waals surface area (Å²) in [5, 5.41) is 8.91. The first-order valence-corrected chi connectivity index (χ1v) is 9.05. The van der Waals surface area contributed by atoms with Crippen molar-refractivity contribution in [1.29, 1.82) is 0 Å². The van der Waals surface area contributed by atoms with Crippen LogP contribution in [0.4, 0.5) is 11.6 Å². The van der Waals surface area contributed by atoms with Crippen LogP contribution < -0.4 is 20.1 Å².